The predicted octanol–water partition coefficient (Wildman–Crippen LogP) is 1.53. The SMILES string of the molecule is COc1ccc(C(N)=S)cc1CN1CCC(C)C(O)C1. The van der Waals surface area contributed by atoms with Gasteiger partial charge in [0.2, 0.25) is 0 Å². The van der Waals surface area contributed by atoms with Gasteiger partial charge in [0.1, 0.15) is 10.7 Å². The zero-order valence-corrected chi connectivity index (χ0v) is 12.8. The molecule has 4 nitrogen and oxygen atoms in total. The number of β-amino-alcohol motifs (C(OH)–C–C–N with tert-alkyl or cyclic N) is 1. The van der Waals surface area contributed by atoms with E-state index in [1.54, 1.807) is 7.11 Å². The average molecular weight is 294 g/mol. The molecular weight excluding hydrogens is 272 g/mol. The van der Waals surface area contributed by atoms with Gasteiger partial charge in [-0.2, -0.15) is 0 Å². The van der Waals surface area contributed by atoms with E-state index >= 15 is 0 Å². The fraction of sp³-hybridized carbons (Fsp3) is 0.533. The summed E-state index contributed by atoms with van der Waals surface area (Å²) in [5, 5.41) is 9.98. The van der Waals surface area contributed by atoms with Crippen LogP contribution in [0.1, 0.15) is 24.5 Å². The number of hydrogen-bond acceptors (Lipinski definition) is 4. The highest BCUT2D eigenvalue weighted by atomic mass is 32.1. The molecule has 0 radical (unpaired) electrons. The standard InChI is InChI=1S/C15H22N2O2S/c1-10-5-6-17(9-13(10)18)8-12-7-11(15(16)20)3-4-14(12)19-2/h3-4,7,10,13,18H,5-6,8-9H2,1-2H3,(H2,16,20). The van der Waals surface area contributed by atoms with Gasteiger partial charge < -0.3 is 15.6 Å². The first-order chi connectivity index (χ1) is 9.51. The predicted molar refractivity (Wildman–Crippen MR) is 83.9 cm³/mol. The van der Waals surface area contributed by atoms with Crippen molar-refractivity contribution in [2.24, 2.45) is 11.7 Å². The van der Waals surface area contributed by atoms with Crippen LogP contribution in [0.4, 0.5) is 0 Å². The molecule has 1 fully saturated rings. The Morgan fingerprint density at radius 2 is 2.30 bits per heavy atom. The van der Waals surface area contributed by atoms with Gasteiger partial charge in [-0.05, 0) is 37.1 Å². The molecule has 2 atom stereocenters. The number of piperidine rings is 1. The molecule has 110 valence electrons. The summed E-state index contributed by atoms with van der Waals surface area (Å²) >= 11 is 5.02. The Bertz CT molecular complexity index is 493. The Kier molecular flexibility index (Phi) is 4.96. The maximum atomic E-state index is 9.98. The smallest absolute Gasteiger partial charge is 0.123 e. The van der Waals surface area contributed by atoms with Crippen LogP contribution in [-0.4, -0.2) is 41.3 Å². The highest BCUT2D eigenvalue weighted by Gasteiger charge is 2.24. The molecule has 3 N–H and O–H groups in total. The number of thiocarbonyl (C=S) groups is 1. The molecule has 1 aliphatic rings. The quantitative estimate of drug-likeness (QED) is 0.825. The summed E-state index contributed by atoms with van der Waals surface area (Å²) in [6.45, 7) is 4.51. The Balaban J connectivity index is 2.15. The summed E-state index contributed by atoms with van der Waals surface area (Å²) in [6.07, 6.45) is 0.756. The van der Waals surface area contributed by atoms with Gasteiger partial charge in [-0.25, -0.2) is 0 Å². The molecule has 1 aromatic carbocycles. The van der Waals surface area contributed by atoms with Crippen LogP contribution in [0, 0.1) is 5.92 Å². The molecule has 0 aromatic heterocycles. The van der Waals surface area contributed by atoms with Crippen molar-refractivity contribution in [3.05, 3.63) is 29.3 Å². The number of rotatable bonds is 4. The number of nitrogens with zero attached hydrogens (tertiary/aromatic N) is 1. The molecule has 0 amide bonds. The molecule has 0 aliphatic carbocycles. The van der Waals surface area contributed by atoms with E-state index in [2.05, 4.69) is 11.8 Å². The normalized spacial score (nSPS) is 23.6. The number of methoxy groups -OCH3 is 1. The van der Waals surface area contributed by atoms with Crippen LogP contribution in [0.25, 0.3) is 0 Å². The van der Waals surface area contributed by atoms with Crippen LogP contribution < -0.4 is 10.5 Å². The monoisotopic (exact) mass is 294 g/mol. The number of nitrogens with two attached hydrogens (primary N) is 1. The Morgan fingerprint density at radius 3 is 2.90 bits per heavy atom. The molecule has 1 saturated heterocycles. The van der Waals surface area contributed by atoms with E-state index in [0.29, 0.717) is 17.5 Å². The molecule has 1 heterocycles. The van der Waals surface area contributed by atoms with Crippen LogP contribution >= 0.6 is 12.2 Å². The summed E-state index contributed by atoms with van der Waals surface area (Å²) in [7, 11) is 1.66. The zero-order chi connectivity index (χ0) is 14.7. The van der Waals surface area contributed by atoms with Gasteiger partial charge in [0, 0.05) is 24.2 Å². The Hall–Kier alpha value is -1.17. The highest BCUT2D eigenvalue weighted by molar-refractivity contribution is 7.80. The number of likely N-dealkylation sites (tertiary alicyclic amines) is 1. The van der Waals surface area contributed by atoms with Crippen LogP contribution in [0.2, 0.25) is 0 Å². The first kappa shape index (κ1) is 15.2. The molecule has 1 aromatic rings. The highest BCUT2D eigenvalue weighted by Crippen LogP contribution is 2.24. The average Bonchev–Trinajstić information content (AvgIpc) is 2.42. The van der Waals surface area contributed by atoms with Gasteiger partial charge in [-0.3, -0.25) is 4.90 Å². The lowest BCUT2D eigenvalue weighted by molar-refractivity contribution is 0.0256. The van der Waals surface area contributed by atoms with E-state index in [-0.39, 0.29) is 6.10 Å². The van der Waals surface area contributed by atoms with Gasteiger partial charge >= 0.3 is 0 Å². The lowest BCUT2D eigenvalue weighted by atomic mass is 9.95. The third-order valence-corrected chi connectivity index (χ3v) is 4.20. The lowest BCUT2D eigenvalue weighted by Crippen LogP contribution is -2.42. The summed E-state index contributed by atoms with van der Waals surface area (Å²) in [6, 6.07) is 5.75. The van der Waals surface area contributed by atoms with E-state index < -0.39 is 0 Å². The van der Waals surface area contributed by atoms with E-state index in [4.69, 9.17) is 22.7 Å². The molecule has 0 bridgehead atoms. The second kappa shape index (κ2) is 6.52. The van der Waals surface area contributed by atoms with Crippen LogP contribution in [0.15, 0.2) is 18.2 Å². The summed E-state index contributed by atoms with van der Waals surface area (Å²) in [5.41, 5.74) is 7.59. The van der Waals surface area contributed by atoms with Gasteiger partial charge in [-0.1, -0.05) is 19.1 Å². The summed E-state index contributed by atoms with van der Waals surface area (Å²) in [5.74, 6) is 1.20. The molecule has 5 heteroatoms. The first-order valence-electron chi connectivity index (χ1n) is 6.88. The zero-order valence-electron chi connectivity index (χ0n) is 12.0. The Labute approximate surface area is 125 Å². The number of hydrogen-bond donors (Lipinski definition) is 2. The third-order valence-electron chi connectivity index (χ3n) is 3.96. The van der Waals surface area contributed by atoms with Crippen LogP contribution in [-0.2, 0) is 6.54 Å². The fourth-order valence-electron chi connectivity index (χ4n) is 2.55. The molecule has 2 unspecified atom stereocenters. The van der Waals surface area contributed by atoms with Crippen molar-refractivity contribution >= 4 is 17.2 Å². The lowest BCUT2D eigenvalue weighted by Gasteiger charge is -2.34. The van der Waals surface area contributed by atoms with Gasteiger partial charge in [0.25, 0.3) is 0 Å². The van der Waals surface area contributed by atoms with Crippen LogP contribution in [0.3, 0.4) is 0 Å². The van der Waals surface area contributed by atoms with Crippen molar-refractivity contribution in [1.29, 1.82) is 0 Å². The second-order valence-corrected chi connectivity index (χ2v) is 5.90. The van der Waals surface area contributed by atoms with Crippen LogP contribution in [0.5, 0.6) is 5.75 Å². The fourth-order valence-corrected chi connectivity index (χ4v) is 2.68. The van der Waals surface area contributed by atoms with Crippen molar-refractivity contribution in [1.82, 2.24) is 4.90 Å². The largest absolute Gasteiger partial charge is 0.496 e. The van der Waals surface area contributed by atoms with Crippen molar-refractivity contribution in [2.75, 3.05) is 20.2 Å². The topological polar surface area (TPSA) is 58.7 Å². The Morgan fingerprint density at radius 1 is 1.55 bits per heavy atom. The minimum Gasteiger partial charge on any atom is -0.496 e. The number of benzene rings is 1. The van der Waals surface area contributed by atoms with E-state index in [1.165, 1.54) is 0 Å². The molecule has 2 rings (SSSR count). The maximum absolute atomic E-state index is 9.98. The number of aliphatic hydroxyl groups excluding tert-OH is 1. The van der Waals surface area contributed by atoms with Crippen molar-refractivity contribution in [3.8, 4) is 5.75 Å². The maximum Gasteiger partial charge on any atom is 0.123 e. The molecular formula is C15H22N2O2S. The third kappa shape index (κ3) is 3.48. The van der Waals surface area contributed by atoms with Gasteiger partial charge in [0.05, 0.1) is 13.2 Å². The number of aliphatic hydroxyl groups is 1. The summed E-state index contributed by atoms with van der Waals surface area (Å²) in [4.78, 5) is 2.63. The summed E-state index contributed by atoms with van der Waals surface area (Å²) < 4.78 is 5.40. The molecule has 0 saturated carbocycles. The van der Waals surface area contributed by atoms with Crippen molar-refractivity contribution in [2.45, 2.75) is 26.0 Å². The number of ether oxygens (including phenoxy) is 1. The van der Waals surface area contributed by atoms with Crippen molar-refractivity contribution < 1.29 is 9.84 Å². The molecule has 20 heavy (non-hydrogen) atoms. The second-order valence-electron chi connectivity index (χ2n) is 5.46. The molecule has 0 spiro atoms. The van der Waals surface area contributed by atoms with Gasteiger partial charge in [0.15, 0.2) is 0 Å². The van der Waals surface area contributed by atoms with E-state index in [1.807, 2.05) is 18.2 Å². The molecule has 1 aliphatic heterocycles. The van der Waals surface area contributed by atoms with E-state index in [9.17, 15) is 5.11 Å². The minimum atomic E-state index is -0.256. The van der Waals surface area contributed by atoms with E-state index in [0.717, 1.165) is 36.4 Å². The van der Waals surface area contributed by atoms with Gasteiger partial charge in [-0.15, -0.1) is 0 Å². The van der Waals surface area contributed by atoms with Crippen molar-refractivity contribution in [3.63, 3.8) is 0 Å². The first-order valence-corrected chi connectivity index (χ1v) is 7.29. The minimum absolute atomic E-state index is 0.256.